The summed E-state index contributed by atoms with van der Waals surface area (Å²) >= 11 is 4.86. The van der Waals surface area contributed by atoms with Crippen LogP contribution in [0.1, 0.15) is 18.9 Å². The monoisotopic (exact) mass is 305 g/mol. The molecule has 1 fully saturated rings. The highest BCUT2D eigenvalue weighted by atomic mass is 32.1. The van der Waals surface area contributed by atoms with E-state index in [-0.39, 0.29) is 35.7 Å². The number of nitrogens with one attached hydrogen (secondary N) is 1. The second kappa shape index (κ2) is 6.01. The van der Waals surface area contributed by atoms with Crippen molar-refractivity contribution in [1.29, 1.82) is 0 Å². The lowest BCUT2D eigenvalue weighted by atomic mass is 10.1. The fourth-order valence-corrected chi connectivity index (χ4v) is 2.24. The minimum atomic E-state index is -0.439. The number of benzene rings is 1. The first-order valence-electron chi connectivity index (χ1n) is 6.42. The van der Waals surface area contributed by atoms with Gasteiger partial charge in [-0.1, -0.05) is 31.3 Å². The molecule has 0 saturated carbocycles. The van der Waals surface area contributed by atoms with Gasteiger partial charge in [-0.3, -0.25) is 19.3 Å². The highest BCUT2D eigenvalue weighted by molar-refractivity contribution is 7.80. The maximum Gasteiger partial charge on any atom is 0.244 e. The molecule has 1 aromatic carbocycles. The minimum absolute atomic E-state index is 0.156. The summed E-state index contributed by atoms with van der Waals surface area (Å²) < 4.78 is 0. The smallest absolute Gasteiger partial charge is 0.244 e. The highest BCUT2D eigenvalue weighted by Gasteiger charge is 2.36. The highest BCUT2D eigenvalue weighted by Crippen LogP contribution is 2.18. The molecule has 1 aliphatic heterocycles. The predicted octanol–water partition coefficient (Wildman–Crippen LogP) is 0.654. The molecule has 3 amide bonds. The molecule has 110 valence electrons. The molecule has 1 unspecified atom stereocenters. The van der Waals surface area contributed by atoms with Crippen molar-refractivity contribution in [2.24, 2.45) is 11.7 Å². The van der Waals surface area contributed by atoms with E-state index >= 15 is 0 Å². The molecule has 1 heterocycles. The van der Waals surface area contributed by atoms with Gasteiger partial charge in [0.2, 0.25) is 17.7 Å². The van der Waals surface area contributed by atoms with Crippen LogP contribution in [-0.4, -0.2) is 34.2 Å². The largest absolute Gasteiger partial charge is 0.389 e. The minimum Gasteiger partial charge on any atom is -0.389 e. The number of imide groups is 1. The summed E-state index contributed by atoms with van der Waals surface area (Å²) in [6, 6.07) is 6.75. The number of nitrogens with two attached hydrogens (primary N) is 1. The van der Waals surface area contributed by atoms with E-state index in [1.54, 1.807) is 31.2 Å². The number of likely N-dealkylation sites (tertiary alicyclic amines) is 1. The topological polar surface area (TPSA) is 92.5 Å². The van der Waals surface area contributed by atoms with E-state index in [2.05, 4.69) is 5.32 Å². The van der Waals surface area contributed by atoms with Crippen molar-refractivity contribution in [3.8, 4) is 0 Å². The van der Waals surface area contributed by atoms with Crippen molar-refractivity contribution in [3.05, 3.63) is 29.8 Å². The molecule has 1 saturated heterocycles. The summed E-state index contributed by atoms with van der Waals surface area (Å²) in [4.78, 5) is 36.5. The quantitative estimate of drug-likeness (QED) is 0.629. The molecule has 0 spiro atoms. The molecular weight excluding hydrogens is 290 g/mol. The van der Waals surface area contributed by atoms with Crippen LogP contribution in [0.5, 0.6) is 0 Å². The van der Waals surface area contributed by atoms with Crippen LogP contribution in [0.2, 0.25) is 0 Å². The lowest BCUT2D eigenvalue weighted by Gasteiger charge is -2.14. The standard InChI is InChI=1S/C14H15N3O3S/c1-8-5-12(19)17(14(8)20)7-11(18)16-10-4-2-3-9(6-10)13(15)21/h2-4,6,8H,5,7H2,1H3,(H2,15,21)(H,16,18). The Hall–Kier alpha value is -2.28. The van der Waals surface area contributed by atoms with Crippen LogP contribution < -0.4 is 11.1 Å². The zero-order valence-electron chi connectivity index (χ0n) is 11.5. The van der Waals surface area contributed by atoms with Gasteiger partial charge in [-0.2, -0.15) is 0 Å². The molecule has 0 aromatic heterocycles. The van der Waals surface area contributed by atoms with E-state index in [1.807, 2.05) is 0 Å². The van der Waals surface area contributed by atoms with Crippen LogP contribution in [0.15, 0.2) is 24.3 Å². The summed E-state index contributed by atoms with van der Waals surface area (Å²) in [5, 5.41) is 2.62. The molecule has 6 nitrogen and oxygen atoms in total. The Balaban J connectivity index is 2.02. The first-order chi connectivity index (χ1) is 9.88. The molecule has 1 atom stereocenters. The third-order valence-corrected chi connectivity index (χ3v) is 3.44. The zero-order valence-corrected chi connectivity index (χ0v) is 12.3. The van der Waals surface area contributed by atoms with Gasteiger partial charge in [-0.05, 0) is 12.1 Å². The van der Waals surface area contributed by atoms with E-state index in [1.165, 1.54) is 0 Å². The molecule has 0 radical (unpaired) electrons. The van der Waals surface area contributed by atoms with Crippen LogP contribution in [0.4, 0.5) is 5.69 Å². The molecule has 21 heavy (non-hydrogen) atoms. The van der Waals surface area contributed by atoms with E-state index < -0.39 is 5.91 Å². The summed E-state index contributed by atoms with van der Waals surface area (Å²) in [5.74, 6) is -1.43. The number of carbonyl (C=O) groups is 3. The van der Waals surface area contributed by atoms with Gasteiger partial charge in [0, 0.05) is 23.6 Å². The fraction of sp³-hybridized carbons (Fsp3) is 0.286. The third-order valence-electron chi connectivity index (χ3n) is 3.20. The Morgan fingerprint density at radius 1 is 1.48 bits per heavy atom. The lowest BCUT2D eigenvalue weighted by molar-refractivity contribution is -0.142. The summed E-state index contributed by atoms with van der Waals surface area (Å²) in [7, 11) is 0. The molecular formula is C14H15N3O3S. The normalized spacial score (nSPS) is 18.0. The Morgan fingerprint density at radius 3 is 2.76 bits per heavy atom. The zero-order chi connectivity index (χ0) is 15.6. The Bertz CT molecular complexity index is 630. The van der Waals surface area contributed by atoms with Gasteiger partial charge in [0.25, 0.3) is 0 Å². The number of rotatable bonds is 4. The Labute approximate surface area is 127 Å². The van der Waals surface area contributed by atoms with E-state index in [9.17, 15) is 14.4 Å². The number of amides is 3. The maximum absolute atomic E-state index is 11.9. The lowest BCUT2D eigenvalue weighted by Crippen LogP contribution is -2.37. The first kappa shape index (κ1) is 15.1. The van der Waals surface area contributed by atoms with E-state index in [4.69, 9.17) is 18.0 Å². The molecule has 1 aliphatic rings. The van der Waals surface area contributed by atoms with Gasteiger partial charge in [0.1, 0.15) is 11.5 Å². The molecule has 3 N–H and O–H groups in total. The van der Waals surface area contributed by atoms with Crippen molar-refractivity contribution in [1.82, 2.24) is 4.90 Å². The van der Waals surface area contributed by atoms with Crippen LogP contribution >= 0.6 is 12.2 Å². The molecule has 0 bridgehead atoms. The van der Waals surface area contributed by atoms with E-state index in [0.717, 1.165) is 4.90 Å². The van der Waals surface area contributed by atoms with Crippen molar-refractivity contribution in [3.63, 3.8) is 0 Å². The van der Waals surface area contributed by atoms with Gasteiger partial charge in [0.15, 0.2) is 0 Å². The van der Waals surface area contributed by atoms with Crippen LogP contribution in [-0.2, 0) is 14.4 Å². The first-order valence-corrected chi connectivity index (χ1v) is 6.83. The predicted molar refractivity (Wildman–Crippen MR) is 81.5 cm³/mol. The van der Waals surface area contributed by atoms with Gasteiger partial charge in [-0.25, -0.2) is 0 Å². The van der Waals surface area contributed by atoms with Crippen LogP contribution in [0.3, 0.4) is 0 Å². The van der Waals surface area contributed by atoms with Crippen molar-refractivity contribution >= 4 is 40.6 Å². The average Bonchev–Trinajstić information content (AvgIpc) is 2.65. The number of anilines is 1. The van der Waals surface area contributed by atoms with Crippen LogP contribution in [0, 0.1) is 5.92 Å². The number of nitrogens with zero attached hydrogens (tertiary/aromatic N) is 1. The second-order valence-corrected chi connectivity index (χ2v) is 5.36. The molecule has 2 rings (SSSR count). The fourth-order valence-electron chi connectivity index (χ4n) is 2.11. The maximum atomic E-state index is 11.9. The number of thiocarbonyl (C=S) groups is 1. The Morgan fingerprint density at radius 2 is 2.19 bits per heavy atom. The summed E-state index contributed by atoms with van der Waals surface area (Å²) in [6.45, 7) is 1.39. The number of hydrogen-bond acceptors (Lipinski definition) is 4. The summed E-state index contributed by atoms with van der Waals surface area (Å²) in [6.07, 6.45) is 0.156. The molecule has 1 aromatic rings. The van der Waals surface area contributed by atoms with Gasteiger partial charge in [0.05, 0.1) is 0 Å². The number of carbonyl (C=O) groups excluding carboxylic acids is 3. The Kier molecular flexibility index (Phi) is 4.32. The van der Waals surface area contributed by atoms with Gasteiger partial charge in [-0.15, -0.1) is 0 Å². The molecule has 7 heteroatoms. The van der Waals surface area contributed by atoms with Gasteiger partial charge < -0.3 is 11.1 Å². The number of hydrogen-bond donors (Lipinski definition) is 2. The van der Waals surface area contributed by atoms with Crippen molar-refractivity contribution in [2.75, 3.05) is 11.9 Å². The van der Waals surface area contributed by atoms with E-state index in [0.29, 0.717) is 11.3 Å². The third kappa shape index (κ3) is 3.43. The SMILES string of the molecule is CC1CC(=O)N(CC(=O)Nc2cccc(C(N)=S)c2)C1=O. The van der Waals surface area contributed by atoms with Gasteiger partial charge >= 0.3 is 0 Å². The van der Waals surface area contributed by atoms with Crippen LogP contribution in [0.25, 0.3) is 0 Å². The molecule has 0 aliphatic carbocycles. The second-order valence-electron chi connectivity index (χ2n) is 4.92. The average molecular weight is 305 g/mol. The summed E-state index contributed by atoms with van der Waals surface area (Å²) in [5.41, 5.74) is 6.66. The van der Waals surface area contributed by atoms with Crippen molar-refractivity contribution in [2.45, 2.75) is 13.3 Å². The van der Waals surface area contributed by atoms with Crippen molar-refractivity contribution < 1.29 is 14.4 Å².